The number of H-pyrrole nitrogens is 1. The van der Waals surface area contributed by atoms with Crippen LogP contribution in [0.1, 0.15) is 25.2 Å². The van der Waals surface area contributed by atoms with Gasteiger partial charge in [-0.15, -0.1) is 0 Å². The minimum atomic E-state index is -0.612. The second kappa shape index (κ2) is 7.73. The topological polar surface area (TPSA) is 127 Å². The summed E-state index contributed by atoms with van der Waals surface area (Å²) in [6.07, 6.45) is 2.05. The Balaban J connectivity index is 1.74. The van der Waals surface area contributed by atoms with Crippen LogP contribution in [0.15, 0.2) is 59.7 Å². The predicted octanol–water partition coefficient (Wildman–Crippen LogP) is 3.34. The quantitative estimate of drug-likeness (QED) is 0.390. The molecule has 32 heavy (non-hydrogen) atoms. The van der Waals surface area contributed by atoms with Gasteiger partial charge in [-0.2, -0.15) is 9.97 Å². The molecule has 5 aromatic rings. The Hall–Kier alpha value is -4.34. The molecule has 1 unspecified atom stereocenters. The molecule has 3 aromatic heterocycles. The van der Waals surface area contributed by atoms with E-state index in [0.717, 1.165) is 0 Å². The van der Waals surface area contributed by atoms with Gasteiger partial charge < -0.3 is 16.0 Å². The molecule has 0 amide bonds. The summed E-state index contributed by atoms with van der Waals surface area (Å²) in [5, 5.41) is 3.24. The molecule has 2 aromatic carbocycles. The summed E-state index contributed by atoms with van der Waals surface area (Å²) >= 11 is 0. The van der Waals surface area contributed by atoms with E-state index in [4.69, 9.17) is 5.73 Å². The molecule has 0 spiro atoms. The highest BCUT2D eigenvalue weighted by Crippen LogP contribution is 2.27. The number of nitrogen functional groups attached to an aromatic ring is 1. The van der Waals surface area contributed by atoms with E-state index >= 15 is 0 Å². The number of anilines is 2. The number of nitrogens with two attached hydrogens (primary N) is 1. The van der Waals surface area contributed by atoms with Crippen molar-refractivity contribution in [2.75, 3.05) is 11.1 Å². The molecule has 0 aliphatic rings. The minimum Gasteiger partial charge on any atom is -0.368 e. The van der Waals surface area contributed by atoms with Crippen molar-refractivity contribution in [3.05, 3.63) is 76.9 Å². The molecule has 1 atom stereocenters. The van der Waals surface area contributed by atoms with E-state index in [-0.39, 0.29) is 16.9 Å². The lowest BCUT2D eigenvalue weighted by molar-refractivity contribution is 0.630. The van der Waals surface area contributed by atoms with Gasteiger partial charge in [0.1, 0.15) is 22.5 Å². The van der Waals surface area contributed by atoms with E-state index in [2.05, 4.69) is 30.2 Å². The molecule has 10 heteroatoms. The van der Waals surface area contributed by atoms with Crippen molar-refractivity contribution in [3.8, 4) is 5.69 Å². The zero-order valence-corrected chi connectivity index (χ0v) is 17.1. The van der Waals surface area contributed by atoms with Gasteiger partial charge in [0.05, 0.1) is 23.6 Å². The third-order valence-electron chi connectivity index (χ3n) is 5.21. The maximum atomic E-state index is 14.6. The summed E-state index contributed by atoms with van der Waals surface area (Å²) in [5.74, 6) is 0.295. The number of benzene rings is 2. The van der Waals surface area contributed by atoms with Gasteiger partial charge >= 0.3 is 0 Å². The molecule has 0 fully saturated rings. The number of para-hydroxylation sites is 1. The lowest BCUT2D eigenvalue weighted by Gasteiger charge is -2.22. The zero-order valence-electron chi connectivity index (χ0n) is 17.1. The number of rotatable bonds is 5. The van der Waals surface area contributed by atoms with Crippen LogP contribution in [-0.4, -0.2) is 29.5 Å². The van der Waals surface area contributed by atoms with Crippen LogP contribution in [0.4, 0.5) is 16.2 Å². The average Bonchev–Trinajstić information content (AvgIpc) is 3.26. The predicted molar refractivity (Wildman–Crippen MR) is 120 cm³/mol. The van der Waals surface area contributed by atoms with Crippen LogP contribution in [0.3, 0.4) is 0 Å². The Bertz CT molecular complexity index is 1500. The Kier molecular flexibility index (Phi) is 4.74. The van der Waals surface area contributed by atoms with Crippen LogP contribution < -0.4 is 16.6 Å². The van der Waals surface area contributed by atoms with Crippen molar-refractivity contribution in [2.45, 2.75) is 19.4 Å². The minimum absolute atomic E-state index is 0.0593. The number of imidazole rings is 1. The molecule has 0 radical (unpaired) electrons. The number of fused-ring (bicyclic) bond motifs is 2. The molecule has 0 aliphatic carbocycles. The number of aromatic amines is 1. The number of nitrogens with zero attached hydrogens (tertiary/aromatic N) is 5. The molecule has 5 rings (SSSR count). The first-order chi connectivity index (χ1) is 15.6. The lowest BCUT2D eigenvalue weighted by Crippen LogP contribution is -2.29. The fraction of sp³-hybridized carbons (Fsp3) is 0.136. The molecule has 0 saturated heterocycles. The van der Waals surface area contributed by atoms with E-state index in [9.17, 15) is 9.18 Å². The third-order valence-corrected chi connectivity index (χ3v) is 5.21. The highest BCUT2D eigenvalue weighted by Gasteiger charge is 2.23. The van der Waals surface area contributed by atoms with Crippen molar-refractivity contribution in [1.29, 1.82) is 0 Å². The molecule has 0 aliphatic heterocycles. The highest BCUT2D eigenvalue weighted by atomic mass is 19.1. The van der Waals surface area contributed by atoms with Gasteiger partial charge in [0.15, 0.2) is 11.5 Å². The van der Waals surface area contributed by atoms with Crippen molar-refractivity contribution in [3.63, 3.8) is 0 Å². The molecule has 4 N–H and O–H groups in total. The second-order valence-electron chi connectivity index (χ2n) is 7.22. The second-order valence-corrected chi connectivity index (χ2v) is 7.22. The van der Waals surface area contributed by atoms with Gasteiger partial charge in [0.2, 0.25) is 5.95 Å². The summed E-state index contributed by atoms with van der Waals surface area (Å²) in [5.41, 5.74) is 7.23. The fourth-order valence-electron chi connectivity index (χ4n) is 3.74. The van der Waals surface area contributed by atoms with Crippen molar-refractivity contribution < 1.29 is 4.39 Å². The van der Waals surface area contributed by atoms with Gasteiger partial charge in [-0.1, -0.05) is 31.2 Å². The standard InChI is InChI=1S/C22H19FN8O/c1-2-14(27-19-17-18(26-11-25-17)29-22(24)30-19)20-28-15-10-6-9-13(23)16(15)21(32)31(20)12-7-4-3-5-8-12/h3-11,14H,2H2,1H3,(H4,24,25,26,27,29,30). The normalized spacial score (nSPS) is 12.3. The fourth-order valence-corrected chi connectivity index (χ4v) is 3.74. The van der Waals surface area contributed by atoms with Gasteiger partial charge in [-0.25, -0.2) is 14.4 Å². The monoisotopic (exact) mass is 430 g/mol. The van der Waals surface area contributed by atoms with E-state index in [1.54, 1.807) is 18.2 Å². The molecule has 3 heterocycles. The number of halogens is 1. The zero-order chi connectivity index (χ0) is 22.2. The van der Waals surface area contributed by atoms with Crippen LogP contribution in [0.2, 0.25) is 0 Å². The maximum Gasteiger partial charge on any atom is 0.269 e. The number of hydrogen-bond acceptors (Lipinski definition) is 7. The Morgan fingerprint density at radius 2 is 1.94 bits per heavy atom. The van der Waals surface area contributed by atoms with Gasteiger partial charge in [0, 0.05) is 0 Å². The highest BCUT2D eigenvalue weighted by molar-refractivity contribution is 5.84. The Morgan fingerprint density at radius 3 is 2.72 bits per heavy atom. The molecular formula is C22H19FN8O. The molecule has 0 bridgehead atoms. The van der Waals surface area contributed by atoms with Crippen molar-refractivity contribution in [2.24, 2.45) is 0 Å². The number of aromatic nitrogens is 6. The SMILES string of the molecule is CCC(Nc1nc(N)nc2[nH]cnc12)c1nc2cccc(F)c2c(=O)n1-c1ccccc1. The summed E-state index contributed by atoms with van der Waals surface area (Å²) in [6.45, 7) is 1.95. The van der Waals surface area contributed by atoms with E-state index in [1.807, 2.05) is 25.1 Å². The van der Waals surface area contributed by atoms with Crippen molar-refractivity contribution in [1.82, 2.24) is 29.5 Å². The van der Waals surface area contributed by atoms with E-state index in [0.29, 0.717) is 34.9 Å². The van der Waals surface area contributed by atoms with Gasteiger partial charge in [0.25, 0.3) is 5.56 Å². The lowest BCUT2D eigenvalue weighted by atomic mass is 10.1. The number of nitrogens with one attached hydrogen (secondary N) is 2. The first kappa shape index (κ1) is 19.6. The van der Waals surface area contributed by atoms with Crippen LogP contribution in [0.25, 0.3) is 27.8 Å². The van der Waals surface area contributed by atoms with Gasteiger partial charge in [-0.3, -0.25) is 9.36 Å². The molecular weight excluding hydrogens is 411 g/mol. The van der Waals surface area contributed by atoms with Crippen LogP contribution in [0, 0.1) is 5.82 Å². The molecule has 160 valence electrons. The molecule has 0 saturated carbocycles. The van der Waals surface area contributed by atoms with Crippen LogP contribution >= 0.6 is 0 Å². The summed E-state index contributed by atoms with van der Waals surface area (Å²) in [6, 6.07) is 13.0. The smallest absolute Gasteiger partial charge is 0.269 e. The van der Waals surface area contributed by atoms with E-state index in [1.165, 1.54) is 23.0 Å². The number of hydrogen-bond donors (Lipinski definition) is 3. The molecule has 9 nitrogen and oxygen atoms in total. The van der Waals surface area contributed by atoms with Gasteiger partial charge in [-0.05, 0) is 30.7 Å². The Morgan fingerprint density at radius 1 is 1.12 bits per heavy atom. The third kappa shape index (κ3) is 3.22. The first-order valence-corrected chi connectivity index (χ1v) is 10.1. The Labute approximate surface area is 181 Å². The average molecular weight is 430 g/mol. The largest absolute Gasteiger partial charge is 0.368 e. The summed E-state index contributed by atoms with van der Waals surface area (Å²) in [4.78, 5) is 33.7. The summed E-state index contributed by atoms with van der Waals surface area (Å²) < 4.78 is 16.0. The van der Waals surface area contributed by atoms with Crippen LogP contribution in [0.5, 0.6) is 0 Å². The summed E-state index contributed by atoms with van der Waals surface area (Å²) in [7, 11) is 0. The van der Waals surface area contributed by atoms with Crippen LogP contribution in [-0.2, 0) is 0 Å². The maximum absolute atomic E-state index is 14.6. The first-order valence-electron chi connectivity index (χ1n) is 10.1. The van der Waals surface area contributed by atoms with E-state index < -0.39 is 17.4 Å². The van der Waals surface area contributed by atoms with Crippen molar-refractivity contribution >= 4 is 33.8 Å².